The Morgan fingerprint density at radius 3 is 2.54 bits per heavy atom. The number of fused-ring (bicyclic) bond motifs is 1. The molecule has 0 bridgehead atoms. The summed E-state index contributed by atoms with van der Waals surface area (Å²) in [5, 5.41) is 9.49. The molecule has 2 N–H and O–H groups in total. The number of rotatable bonds is 5. The normalized spacial score (nSPS) is 19.0. The fourth-order valence-electron chi connectivity index (χ4n) is 4.44. The Kier molecular flexibility index (Phi) is 4.63. The Labute approximate surface area is 161 Å². The monoisotopic (exact) mass is 390 g/mol. The quantitative estimate of drug-likeness (QED) is 0.768. The predicted octanol–water partition coefficient (Wildman–Crippen LogP) is 2.81. The lowest BCUT2D eigenvalue weighted by Crippen LogP contribution is -2.61. The summed E-state index contributed by atoms with van der Waals surface area (Å²) in [4.78, 5) is 24.3. The third-order valence-corrected chi connectivity index (χ3v) is 6.01. The summed E-state index contributed by atoms with van der Waals surface area (Å²) in [7, 11) is 3.27. The van der Waals surface area contributed by atoms with Crippen molar-refractivity contribution in [3.8, 4) is 5.75 Å². The lowest BCUT2D eigenvalue weighted by molar-refractivity contribution is 0.0694. The molecule has 0 amide bonds. The van der Waals surface area contributed by atoms with Gasteiger partial charge in [-0.2, -0.15) is 5.43 Å². The van der Waals surface area contributed by atoms with Gasteiger partial charge < -0.3 is 14.4 Å². The van der Waals surface area contributed by atoms with Gasteiger partial charge in [-0.1, -0.05) is 0 Å². The maximum atomic E-state index is 15.4. The van der Waals surface area contributed by atoms with Crippen molar-refractivity contribution in [1.82, 2.24) is 14.6 Å². The van der Waals surface area contributed by atoms with Crippen LogP contribution in [-0.4, -0.2) is 42.9 Å². The van der Waals surface area contributed by atoms with E-state index >= 15 is 4.39 Å². The van der Waals surface area contributed by atoms with Gasteiger partial charge in [-0.15, -0.1) is 0 Å². The SMILES string of the molecule is CN[N+]1(c2c(F)cc3c(=O)c(C(=O)O)cn(C4CC4)c3c2OC)CCCCC1. The standard InChI is InChI=1S/C20H24FN3O4/c1-22-24(8-4-3-5-9-24)17-15(21)10-13-16(19(17)28-2)23(12-6-7-12)11-14(18(13)25)20(26)27/h10-12,22H,3-9H2,1-2H3/p+1. The number of benzene rings is 1. The number of ether oxygens (including phenoxy) is 1. The minimum absolute atomic E-state index is 0.0520. The average molecular weight is 390 g/mol. The van der Waals surface area contributed by atoms with Crippen LogP contribution in [0.5, 0.6) is 5.75 Å². The number of aromatic carboxylic acids is 1. The van der Waals surface area contributed by atoms with Crippen molar-refractivity contribution in [1.29, 1.82) is 0 Å². The van der Waals surface area contributed by atoms with Crippen molar-refractivity contribution < 1.29 is 19.0 Å². The molecule has 1 aliphatic carbocycles. The van der Waals surface area contributed by atoms with Gasteiger partial charge in [0, 0.05) is 19.3 Å². The molecular weight excluding hydrogens is 365 g/mol. The molecule has 1 saturated heterocycles. The molecule has 2 aromatic rings. The van der Waals surface area contributed by atoms with Crippen LogP contribution in [0, 0.1) is 5.82 Å². The first-order valence-electron chi connectivity index (χ1n) is 9.69. The molecule has 1 saturated carbocycles. The summed E-state index contributed by atoms with van der Waals surface area (Å²) in [6.45, 7) is 1.44. The number of nitrogens with one attached hydrogen (secondary N) is 1. The smallest absolute Gasteiger partial charge is 0.341 e. The van der Waals surface area contributed by atoms with Crippen LogP contribution in [0.15, 0.2) is 17.1 Å². The van der Waals surface area contributed by atoms with Crippen molar-refractivity contribution in [2.24, 2.45) is 0 Å². The van der Waals surface area contributed by atoms with Crippen LogP contribution in [0.25, 0.3) is 10.9 Å². The zero-order valence-electron chi connectivity index (χ0n) is 16.1. The molecule has 0 radical (unpaired) electrons. The van der Waals surface area contributed by atoms with Crippen molar-refractivity contribution in [2.45, 2.75) is 38.1 Å². The van der Waals surface area contributed by atoms with Gasteiger partial charge in [0.05, 0.1) is 12.5 Å². The van der Waals surface area contributed by atoms with Gasteiger partial charge in [-0.25, -0.2) is 13.8 Å². The summed E-state index contributed by atoms with van der Waals surface area (Å²) in [5.74, 6) is -1.55. The minimum atomic E-state index is -1.31. The number of nitrogens with zero attached hydrogens (tertiary/aromatic N) is 2. The van der Waals surface area contributed by atoms with Crippen LogP contribution in [0.3, 0.4) is 0 Å². The first kappa shape index (κ1) is 18.9. The maximum absolute atomic E-state index is 15.4. The van der Waals surface area contributed by atoms with Crippen molar-refractivity contribution >= 4 is 22.6 Å². The van der Waals surface area contributed by atoms with E-state index in [2.05, 4.69) is 5.43 Å². The van der Waals surface area contributed by atoms with E-state index in [1.807, 2.05) is 0 Å². The second kappa shape index (κ2) is 6.86. The molecule has 7 nitrogen and oxygen atoms in total. The fraction of sp³-hybridized carbons (Fsp3) is 0.500. The number of halogens is 1. The second-order valence-electron chi connectivity index (χ2n) is 7.65. The topological polar surface area (TPSA) is 80.6 Å². The molecule has 2 heterocycles. The highest BCUT2D eigenvalue weighted by Crippen LogP contribution is 2.45. The van der Waals surface area contributed by atoms with Crippen molar-refractivity contribution in [2.75, 3.05) is 27.2 Å². The van der Waals surface area contributed by atoms with Gasteiger partial charge >= 0.3 is 5.97 Å². The molecule has 0 spiro atoms. The molecule has 1 aliphatic heterocycles. The zero-order chi connectivity index (χ0) is 20.1. The maximum Gasteiger partial charge on any atom is 0.341 e. The molecule has 2 aliphatic rings. The number of carbonyl (C=O) groups is 1. The second-order valence-corrected chi connectivity index (χ2v) is 7.65. The molecule has 0 unspecified atom stereocenters. The van der Waals surface area contributed by atoms with Crippen LogP contribution in [-0.2, 0) is 0 Å². The van der Waals surface area contributed by atoms with Gasteiger partial charge in [0.2, 0.25) is 16.9 Å². The number of hydrogen-bond donors (Lipinski definition) is 2. The molecule has 2 fully saturated rings. The van der Waals surface area contributed by atoms with Crippen molar-refractivity contribution in [3.05, 3.63) is 33.9 Å². The number of quaternary nitrogens is 1. The Morgan fingerprint density at radius 1 is 1.32 bits per heavy atom. The summed E-state index contributed by atoms with van der Waals surface area (Å²) < 4.78 is 23.1. The van der Waals surface area contributed by atoms with E-state index in [9.17, 15) is 14.7 Å². The van der Waals surface area contributed by atoms with Gasteiger partial charge in [-0.05, 0) is 38.2 Å². The number of methoxy groups -OCH3 is 1. The zero-order valence-corrected chi connectivity index (χ0v) is 16.1. The van der Waals surface area contributed by atoms with Gasteiger partial charge in [0.15, 0.2) is 5.82 Å². The van der Waals surface area contributed by atoms with E-state index in [1.54, 1.807) is 11.6 Å². The molecule has 28 heavy (non-hydrogen) atoms. The van der Waals surface area contributed by atoms with E-state index in [4.69, 9.17) is 4.74 Å². The van der Waals surface area contributed by atoms with E-state index in [-0.39, 0.29) is 21.6 Å². The average Bonchev–Trinajstić information content (AvgIpc) is 3.53. The summed E-state index contributed by atoms with van der Waals surface area (Å²) in [6.07, 6.45) is 6.16. The van der Waals surface area contributed by atoms with Gasteiger partial charge in [0.25, 0.3) is 0 Å². The summed E-state index contributed by atoms with van der Waals surface area (Å²) in [6, 6.07) is 1.28. The molecular formula is C20H25FN3O4+. The molecule has 8 heteroatoms. The lowest BCUT2D eigenvalue weighted by atomic mass is 10.0. The van der Waals surface area contributed by atoms with Crippen LogP contribution in [0.1, 0.15) is 48.5 Å². The number of pyridine rings is 1. The van der Waals surface area contributed by atoms with Crippen LogP contribution in [0.4, 0.5) is 10.1 Å². The van der Waals surface area contributed by atoms with Gasteiger partial charge in [-0.3, -0.25) is 4.79 Å². The number of carboxylic acid groups (broad SMARTS) is 1. The van der Waals surface area contributed by atoms with E-state index < -0.39 is 17.2 Å². The van der Waals surface area contributed by atoms with E-state index in [0.29, 0.717) is 17.0 Å². The lowest BCUT2D eigenvalue weighted by Gasteiger charge is -2.40. The van der Waals surface area contributed by atoms with Crippen LogP contribution >= 0.6 is 0 Å². The molecule has 1 aromatic carbocycles. The number of piperidine rings is 1. The highest BCUT2D eigenvalue weighted by Gasteiger charge is 2.40. The third kappa shape index (κ3) is 2.79. The highest BCUT2D eigenvalue weighted by molar-refractivity contribution is 5.96. The minimum Gasteiger partial charge on any atom is -0.489 e. The molecule has 0 atom stereocenters. The van der Waals surface area contributed by atoms with Crippen LogP contribution < -0.4 is 20.2 Å². The van der Waals surface area contributed by atoms with Gasteiger partial charge in [0.1, 0.15) is 24.2 Å². The number of carboxylic acids is 1. The molecule has 4 rings (SSSR count). The summed E-state index contributed by atoms with van der Waals surface area (Å²) in [5.41, 5.74) is 3.10. The molecule has 150 valence electrons. The Morgan fingerprint density at radius 2 is 2.00 bits per heavy atom. The molecule has 1 aromatic heterocycles. The largest absolute Gasteiger partial charge is 0.489 e. The van der Waals surface area contributed by atoms with E-state index in [1.165, 1.54) is 19.4 Å². The first-order chi connectivity index (χ1) is 13.4. The Hall–Kier alpha value is -2.45. The van der Waals surface area contributed by atoms with Crippen molar-refractivity contribution in [3.63, 3.8) is 0 Å². The first-order valence-corrected chi connectivity index (χ1v) is 9.69. The van der Waals surface area contributed by atoms with Crippen LogP contribution in [0.2, 0.25) is 0 Å². The Bertz CT molecular complexity index is 1010. The predicted molar refractivity (Wildman–Crippen MR) is 104 cm³/mol. The third-order valence-electron chi connectivity index (χ3n) is 6.01. The fourth-order valence-corrected chi connectivity index (χ4v) is 4.44. The number of hydrogen-bond acceptors (Lipinski definition) is 4. The van der Waals surface area contributed by atoms with E-state index in [0.717, 1.165) is 45.2 Å². The summed E-state index contributed by atoms with van der Waals surface area (Å²) >= 11 is 0. The Balaban J connectivity index is 2.10. The highest BCUT2D eigenvalue weighted by atomic mass is 19.1. The number of aromatic nitrogens is 1.